The molecule has 2 aliphatic rings. The average molecular weight is 665 g/mol. The van der Waals surface area contributed by atoms with Crippen molar-refractivity contribution in [2.24, 2.45) is 23.7 Å². The topological polar surface area (TPSA) is 112 Å². The molecule has 0 saturated heterocycles. The molecule has 0 spiro atoms. The van der Waals surface area contributed by atoms with Crippen LogP contribution in [0.5, 0.6) is 11.5 Å². The lowest BCUT2D eigenvalue weighted by molar-refractivity contribution is -0.160. The first kappa shape index (κ1) is 38.8. The smallest absolute Gasteiger partial charge is 0.309 e. The van der Waals surface area contributed by atoms with Gasteiger partial charge in [-0.1, -0.05) is 64.1 Å². The Morgan fingerprint density at radius 2 is 1.19 bits per heavy atom. The maximum Gasteiger partial charge on any atom is 0.309 e. The lowest BCUT2D eigenvalue weighted by Crippen LogP contribution is -2.36. The second-order valence-electron chi connectivity index (χ2n) is 13.4. The normalized spacial score (nSPS) is 20.9. The molecule has 6 atom stereocenters. The number of hydrogen-bond acceptors (Lipinski definition) is 8. The van der Waals surface area contributed by atoms with Gasteiger partial charge in [-0.25, -0.2) is 0 Å². The van der Waals surface area contributed by atoms with Crippen molar-refractivity contribution in [3.05, 3.63) is 84.0 Å². The minimum absolute atomic E-state index is 0.252. The van der Waals surface area contributed by atoms with Gasteiger partial charge < -0.3 is 29.2 Å². The summed E-state index contributed by atoms with van der Waals surface area (Å²) >= 11 is 0. The Morgan fingerprint density at radius 1 is 0.792 bits per heavy atom. The van der Waals surface area contributed by atoms with Gasteiger partial charge in [0.15, 0.2) is 0 Å². The number of rotatable bonds is 16. The summed E-state index contributed by atoms with van der Waals surface area (Å²) in [5.74, 6) is 1.19. The van der Waals surface area contributed by atoms with Crippen LogP contribution in [0.15, 0.2) is 61.7 Å². The molecule has 2 aromatic carbocycles. The van der Waals surface area contributed by atoms with Gasteiger partial charge in [-0.3, -0.25) is 9.59 Å². The lowest BCUT2D eigenvalue weighted by atomic mass is 9.76. The van der Waals surface area contributed by atoms with Gasteiger partial charge in [0.25, 0.3) is 0 Å². The Bertz CT molecular complexity index is 1280. The Balaban J connectivity index is 0.000000344. The SMILES string of the molecule is C=CCc1cc(C(C)(C)c2ccc(OCC(O)CC)c(CC=C)c2)ccc1OCC(O)CC.COC(=O)C1C2CCC(C2)C1C(=O)OC. The molecule has 2 aliphatic carbocycles. The molecule has 2 aromatic rings. The first-order valence-electron chi connectivity index (χ1n) is 17.2. The predicted octanol–water partition coefficient (Wildman–Crippen LogP) is 6.76. The molecule has 48 heavy (non-hydrogen) atoms. The van der Waals surface area contributed by atoms with Crippen molar-refractivity contribution in [3.8, 4) is 11.5 Å². The zero-order valence-corrected chi connectivity index (χ0v) is 29.7. The van der Waals surface area contributed by atoms with Gasteiger partial charge in [-0.05, 0) is 91.2 Å². The van der Waals surface area contributed by atoms with E-state index in [1.54, 1.807) is 0 Å². The molecule has 8 nitrogen and oxygen atoms in total. The monoisotopic (exact) mass is 664 g/mol. The van der Waals surface area contributed by atoms with Gasteiger partial charge >= 0.3 is 11.9 Å². The van der Waals surface area contributed by atoms with E-state index in [1.807, 2.05) is 38.1 Å². The third kappa shape index (κ3) is 9.50. The van der Waals surface area contributed by atoms with E-state index in [0.29, 0.717) is 37.5 Å². The molecule has 2 bridgehead atoms. The number of allylic oxidation sites excluding steroid dienone is 2. The van der Waals surface area contributed by atoms with E-state index in [9.17, 15) is 19.8 Å². The molecule has 0 heterocycles. The fourth-order valence-electron chi connectivity index (χ4n) is 6.86. The van der Waals surface area contributed by atoms with Crippen molar-refractivity contribution < 1.29 is 38.7 Å². The second kappa shape index (κ2) is 18.2. The Morgan fingerprint density at radius 3 is 1.52 bits per heavy atom. The molecule has 264 valence electrons. The average Bonchev–Trinajstić information content (AvgIpc) is 3.72. The van der Waals surface area contributed by atoms with Gasteiger partial charge in [0.05, 0.1) is 38.3 Å². The van der Waals surface area contributed by atoms with Crippen molar-refractivity contribution in [1.82, 2.24) is 0 Å². The number of carbonyl (C=O) groups is 2. The van der Waals surface area contributed by atoms with Crippen LogP contribution in [0.1, 0.15) is 82.1 Å². The minimum Gasteiger partial charge on any atom is -0.491 e. The lowest BCUT2D eigenvalue weighted by Gasteiger charge is -2.28. The molecule has 8 heteroatoms. The molecule has 0 aromatic heterocycles. The van der Waals surface area contributed by atoms with Crippen LogP contribution in [0.4, 0.5) is 0 Å². The summed E-state index contributed by atoms with van der Waals surface area (Å²) in [5.41, 5.74) is 4.19. The number of ether oxygens (including phenoxy) is 4. The number of esters is 2. The van der Waals surface area contributed by atoms with E-state index in [4.69, 9.17) is 18.9 Å². The molecule has 2 fully saturated rings. The number of fused-ring (bicyclic) bond motifs is 2. The highest BCUT2D eigenvalue weighted by molar-refractivity contribution is 5.83. The van der Waals surface area contributed by atoms with Crippen LogP contribution in [0.2, 0.25) is 0 Å². The summed E-state index contributed by atoms with van der Waals surface area (Å²) in [6.07, 6.45) is 8.54. The minimum atomic E-state index is -0.472. The summed E-state index contributed by atoms with van der Waals surface area (Å²) in [5, 5.41) is 19.7. The number of benzene rings is 2. The third-order valence-electron chi connectivity index (χ3n) is 9.96. The van der Waals surface area contributed by atoms with Gasteiger partial charge in [-0.15, -0.1) is 13.2 Å². The number of carbonyl (C=O) groups excluding carboxylic acids is 2. The summed E-state index contributed by atoms with van der Waals surface area (Å²) in [6.45, 7) is 16.6. The third-order valence-corrected chi connectivity index (χ3v) is 9.96. The van der Waals surface area contributed by atoms with E-state index < -0.39 is 12.2 Å². The van der Waals surface area contributed by atoms with Crippen molar-refractivity contribution >= 4 is 11.9 Å². The van der Waals surface area contributed by atoms with E-state index in [0.717, 1.165) is 41.9 Å². The second-order valence-corrected chi connectivity index (χ2v) is 13.4. The highest BCUT2D eigenvalue weighted by atomic mass is 16.5. The quantitative estimate of drug-likeness (QED) is 0.150. The Labute approximate surface area is 287 Å². The van der Waals surface area contributed by atoms with E-state index in [2.05, 4.69) is 51.3 Å². The fourth-order valence-corrected chi connectivity index (χ4v) is 6.86. The summed E-state index contributed by atoms with van der Waals surface area (Å²) < 4.78 is 21.3. The van der Waals surface area contributed by atoms with Gasteiger partial charge in [0, 0.05) is 5.41 Å². The molecular formula is C40H56O8. The number of hydrogen-bond donors (Lipinski definition) is 2. The van der Waals surface area contributed by atoms with Gasteiger partial charge in [0.2, 0.25) is 0 Å². The highest BCUT2D eigenvalue weighted by Crippen LogP contribution is 2.53. The molecule has 0 amide bonds. The first-order valence-corrected chi connectivity index (χ1v) is 17.2. The molecule has 0 radical (unpaired) electrons. The predicted molar refractivity (Wildman–Crippen MR) is 188 cm³/mol. The van der Waals surface area contributed by atoms with Crippen LogP contribution in [-0.4, -0.2) is 61.8 Å². The Hall–Kier alpha value is -3.62. The van der Waals surface area contributed by atoms with Crippen molar-refractivity contribution in [1.29, 1.82) is 0 Å². The molecule has 6 unspecified atom stereocenters. The van der Waals surface area contributed by atoms with Crippen LogP contribution in [0.3, 0.4) is 0 Å². The standard InChI is InChI=1S/C29H40O4.C11H16O4/c1-7-11-21-17-23(13-15-27(21)32-19-25(30)9-3)29(5,6)24-14-16-28(22(18-24)12-8-2)33-20-26(31)10-4;1-14-10(12)8-6-3-4-7(5-6)9(8)11(13)15-2/h7-8,13-18,25-26,30-31H,1-2,9-12,19-20H2,3-6H3;6-9H,3-5H2,1-2H3. The number of methoxy groups -OCH3 is 2. The van der Waals surface area contributed by atoms with Crippen LogP contribution in [0, 0.1) is 23.7 Å². The molecule has 2 N–H and O–H groups in total. The van der Waals surface area contributed by atoms with E-state index in [-0.39, 0.29) is 42.4 Å². The van der Waals surface area contributed by atoms with Gasteiger partial charge in [-0.2, -0.15) is 0 Å². The van der Waals surface area contributed by atoms with Crippen LogP contribution in [-0.2, 0) is 37.3 Å². The molecular weight excluding hydrogens is 608 g/mol. The number of aliphatic hydroxyl groups excluding tert-OH is 2. The number of aliphatic hydroxyl groups is 2. The van der Waals surface area contributed by atoms with Gasteiger partial charge in [0.1, 0.15) is 24.7 Å². The van der Waals surface area contributed by atoms with Crippen molar-refractivity contribution in [2.45, 2.75) is 90.3 Å². The van der Waals surface area contributed by atoms with E-state index in [1.165, 1.54) is 25.3 Å². The van der Waals surface area contributed by atoms with Crippen LogP contribution >= 0.6 is 0 Å². The van der Waals surface area contributed by atoms with Crippen LogP contribution in [0.25, 0.3) is 0 Å². The van der Waals surface area contributed by atoms with E-state index >= 15 is 0 Å². The van der Waals surface area contributed by atoms with Crippen molar-refractivity contribution in [3.63, 3.8) is 0 Å². The maximum atomic E-state index is 11.6. The zero-order valence-electron chi connectivity index (χ0n) is 29.7. The molecule has 0 aliphatic heterocycles. The first-order chi connectivity index (χ1) is 22.9. The zero-order chi connectivity index (χ0) is 35.4. The fraction of sp³-hybridized carbons (Fsp3) is 0.550. The Kier molecular flexibility index (Phi) is 14.7. The molecule has 2 saturated carbocycles. The molecule has 4 rings (SSSR count). The summed E-state index contributed by atoms with van der Waals surface area (Å²) in [4.78, 5) is 23.2. The largest absolute Gasteiger partial charge is 0.491 e. The van der Waals surface area contributed by atoms with Crippen LogP contribution < -0.4 is 9.47 Å². The maximum absolute atomic E-state index is 11.6. The summed E-state index contributed by atoms with van der Waals surface area (Å²) in [6, 6.07) is 12.5. The summed E-state index contributed by atoms with van der Waals surface area (Å²) in [7, 11) is 2.76. The van der Waals surface area contributed by atoms with Crippen molar-refractivity contribution in [2.75, 3.05) is 27.4 Å². The highest BCUT2D eigenvalue weighted by Gasteiger charge is 2.55.